The lowest BCUT2D eigenvalue weighted by Crippen LogP contribution is -2.53. The van der Waals surface area contributed by atoms with E-state index in [-0.39, 0.29) is 24.0 Å². The van der Waals surface area contributed by atoms with Gasteiger partial charge < -0.3 is 15.5 Å². The molecule has 2 N–H and O–H groups in total. The molecule has 1 unspecified atom stereocenters. The minimum atomic E-state index is 0. The van der Waals surface area contributed by atoms with Gasteiger partial charge in [0.15, 0.2) is 5.96 Å². The molecule has 1 aromatic heterocycles. The predicted molar refractivity (Wildman–Crippen MR) is 121 cm³/mol. The number of halogens is 2. The third-order valence-electron chi connectivity index (χ3n) is 4.76. The smallest absolute Gasteiger partial charge is 0.191 e. The fourth-order valence-corrected chi connectivity index (χ4v) is 3.11. The molecule has 1 fully saturated rings. The molecule has 26 heavy (non-hydrogen) atoms. The summed E-state index contributed by atoms with van der Waals surface area (Å²) in [5.41, 5.74) is 1.16. The number of piperazine rings is 1. The Bertz CT molecular complexity index is 531. The van der Waals surface area contributed by atoms with Crippen molar-refractivity contribution in [1.29, 1.82) is 0 Å². The van der Waals surface area contributed by atoms with Gasteiger partial charge in [0, 0.05) is 58.6 Å². The summed E-state index contributed by atoms with van der Waals surface area (Å²) in [6, 6.07) is 4.33. The fourth-order valence-electron chi connectivity index (χ4n) is 2.99. The standard InChI is InChI=1S/C18H31ClN6.HI/c1-4-24-9-11-25(12-10-24)15(2)13-23-18(20-3)21-8-7-16-5-6-17(19)22-14-16;/h5-6,14-15H,4,7-13H2,1-3H3,(H2,20,21,23);1H. The summed E-state index contributed by atoms with van der Waals surface area (Å²) in [6.07, 6.45) is 2.71. The SMILES string of the molecule is CCN1CCN(C(C)CNC(=NC)NCCc2ccc(Cl)nc2)CC1.I. The van der Waals surface area contributed by atoms with E-state index in [2.05, 4.69) is 44.3 Å². The Morgan fingerprint density at radius 3 is 2.58 bits per heavy atom. The molecule has 1 aliphatic rings. The summed E-state index contributed by atoms with van der Waals surface area (Å²) >= 11 is 5.81. The lowest BCUT2D eigenvalue weighted by Gasteiger charge is -2.37. The van der Waals surface area contributed by atoms with Gasteiger partial charge in [0.2, 0.25) is 0 Å². The van der Waals surface area contributed by atoms with Crippen LogP contribution in [0.25, 0.3) is 0 Å². The number of nitrogens with zero attached hydrogens (tertiary/aromatic N) is 4. The maximum absolute atomic E-state index is 5.81. The maximum atomic E-state index is 5.81. The van der Waals surface area contributed by atoms with Crippen LogP contribution in [-0.2, 0) is 6.42 Å². The zero-order valence-electron chi connectivity index (χ0n) is 16.0. The van der Waals surface area contributed by atoms with E-state index >= 15 is 0 Å². The van der Waals surface area contributed by atoms with Crippen LogP contribution in [0, 0.1) is 0 Å². The monoisotopic (exact) mass is 494 g/mol. The minimum absolute atomic E-state index is 0. The van der Waals surface area contributed by atoms with Crippen molar-refractivity contribution >= 4 is 41.5 Å². The normalized spacial score (nSPS) is 17.5. The van der Waals surface area contributed by atoms with E-state index in [4.69, 9.17) is 11.6 Å². The van der Waals surface area contributed by atoms with Crippen molar-refractivity contribution in [2.24, 2.45) is 4.99 Å². The van der Waals surface area contributed by atoms with Crippen LogP contribution in [0.4, 0.5) is 0 Å². The third kappa shape index (κ3) is 7.94. The van der Waals surface area contributed by atoms with Crippen LogP contribution in [0.1, 0.15) is 19.4 Å². The Balaban J connectivity index is 0.00000338. The molecule has 0 bridgehead atoms. The van der Waals surface area contributed by atoms with Gasteiger partial charge in [-0.25, -0.2) is 4.98 Å². The highest BCUT2D eigenvalue weighted by Gasteiger charge is 2.20. The first-order valence-corrected chi connectivity index (χ1v) is 9.51. The molecular weight excluding hydrogens is 463 g/mol. The Morgan fingerprint density at radius 2 is 2.00 bits per heavy atom. The van der Waals surface area contributed by atoms with Gasteiger partial charge in [0.05, 0.1) is 0 Å². The highest BCUT2D eigenvalue weighted by molar-refractivity contribution is 14.0. The second-order valence-electron chi connectivity index (χ2n) is 6.44. The summed E-state index contributed by atoms with van der Waals surface area (Å²) in [5, 5.41) is 7.32. The van der Waals surface area contributed by atoms with Crippen LogP contribution in [0.2, 0.25) is 5.15 Å². The first-order chi connectivity index (χ1) is 12.1. The first-order valence-electron chi connectivity index (χ1n) is 9.13. The summed E-state index contributed by atoms with van der Waals surface area (Å²) in [6.45, 7) is 12.0. The fraction of sp³-hybridized carbons (Fsp3) is 0.667. The topological polar surface area (TPSA) is 55.8 Å². The second-order valence-corrected chi connectivity index (χ2v) is 6.83. The van der Waals surface area contributed by atoms with Crippen molar-refractivity contribution in [2.45, 2.75) is 26.3 Å². The van der Waals surface area contributed by atoms with Gasteiger partial charge in [-0.15, -0.1) is 24.0 Å². The molecule has 1 aliphatic heterocycles. The van der Waals surface area contributed by atoms with Gasteiger partial charge in [-0.2, -0.15) is 0 Å². The zero-order valence-corrected chi connectivity index (χ0v) is 19.1. The number of likely N-dealkylation sites (N-methyl/N-ethyl adjacent to an activating group) is 1. The Kier molecular flexibility index (Phi) is 11.4. The highest BCUT2D eigenvalue weighted by atomic mass is 127. The van der Waals surface area contributed by atoms with Crippen LogP contribution >= 0.6 is 35.6 Å². The van der Waals surface area contributed by atoms with Crippen LogP contribution in [-0.4, -0.2) is 79.6 Å². The Labute approximate surface area is 179 Å². The van der Waals surface area contributed by atoms with Crippen LogP contribution in [0.3, 0.4) is 0 Å². The van der Waals surface area contributed by atoms with Gasteiger partial charge >= 0.3 is 0 Å². The zero-order chi connectivity index (χ0) is 18.1. The van der Waals surface area contributed by atoms with E-state index in [1.54, 1.807) is 0 Å². The number of aliphatic imine (C=N–C) groups is 1. The van der Waals surface area contributed by atoms with Crippen molar-refractivity contribution in [1.82, 2.24) is 25.4 Å². The van der Waals surface area contributed by atoms with E-state index < -0.39 is 0 Å². The van der Waals surface area contributed by atoms with E-state index in [9.17, 15) is 0 Å². The average molecular weight is 495 g/mol. The van der Waals surface area contributed by atoms with Crippen LogP contribution in [0.15, 0.2) is 23.3 Å². The molecule has 0 radical (unpaired) electrons. The molecule has 0 aromatic carbocycles. The molecule has 2 heterocycles. The maximum Gasteiger partial charge on any atom is 0.191 e. The quantitative estimate of drug-likeness (QED) is 0.263. The summed E-state index contributed by atoms with van der Waals surface area (Å²) in [5.74, 6) is 0.848. The largest absolute Gasteiger partial charge is 0.356 e. The van der Waals surface area contributed by atoms with E-state index in [1.165, 1.54) is 13.1 Å². The van der Waals surface area contributed by atoms with E-state index in [1.807, 2.05) is 25.4 Å². The molecular formula is C18H32ClIN6. The number of guanidine groups is 1. The Morgan fingerprint density at radius 1 is 1.27 bits per heavy atom. The summed E-state index contributed by atoms with van der Waals surface area (Å²) < 4.78 is 0. The molecule has 2 rings (SSSR count). The van der Waals surface area contributed by atoms with Gasteiger partial charge in [0.1, 0.15) is 5.15 Å². The number of hydrogen-bond acceptors (Lipinski definition) is 4. The molecule has 6 nitrogen and oxygen atoms in total. The summed E-state index contributed by atoms with van der Waals surface area (Å²) in [7, 11) is 1.81. The van der Waals surface area contributed by atoms with Gasteiger partial charge in [-0.1, -0.05) is 24.6 Å². The van der Waals surface area contributed by atoms with Gasteiger partial charge in [-0.3, -0.25) is 9.89 Å². The molecule has 0 amide bonds. The Hall–Kier alpha value is -0.640. The number of aromatic nitrogens is 1. The van der Waals surface area contributed by atoms with Crippen LogP contribution in [0.5, 0.6) is 0 Å². The molecule has 0 spiro atoms. The van der Waals surface area contributed by atoms with Crippen molar-refractivity contribution in [3.63, 3.8) is 0 Å². The number of nitrogens with one attached hydrogen (secondary N) is 2. The average Bonchev–Trinajstić information content (AvgIpc) is 2.65. The van der Waals surface area contributed by atoms with Gasteiger partial charge in [0.25, 0.3) is 0 Å². The molecule has 1 saturated heterocycles. The van der Waals surface area contributed by atoms with Crippen LogP contribution < -0.4 is 10.6 Å². The molecule has 0 aliphatic carbocycles. The molecule has 0 saturated carbocycles. The third-order valence-corrected chi connectivity index (χ3v) is 4.98. The minimum Gasteiger partial charge on any atom is -0.356 e. The van der Waals surface area contributed by atoms with Crippen molar-refractivity contribution in [3.05, 3.63) is 29.0 Å². The van der Waals surface area contributed by atoms with E-state index in [0.717, 1.165) is 50.7 Å². The predicted octanol–water partition coefficient (Wildman–Crippen LogP) is 2.09. The van der Waals surface area contributed by atoms with Crippen molar-refractivity contribution in [2.75, 3.05) is 52.9 Å². The molecule has 148 valence electrons. The van der Waals surface area contributed by atoms with Crippen molar-refractivity contribution in [3.8, 4) is 0 Å². The molecule has 1 aromatic rings. The van der Waals surface area contributed by atoms with Crippen molar-refractivity contribution < 1.29 is 0 Å². The van der Waals surface area contributed by atoms with E-state index in [0.29, 0.717) is 11.2 Å². The highest BCUT2D eigenvalue weighted by Crippen LogP contribution is 2.06. The number of hydrogen-bond donors (Lipinski definition) is 2. The number of pyridine rings is 1. The number of rotatable bonds is 7. The second kappa shape index (κ2) is 12.7. The lowest BCUT2D eigenvalue weighted by atomic mass is 10.2. The molecule has 8 heteroatoms. The molecule has 1 atom stereocenters. The first kappa shape index (κ1) is 23.4. The van der Waals surface area contributed by atoms with Gasteiger partial charge in [-0.05, 0) is 31.5 Å². The summed E-state index contributed by atoms with van der Waals surface area (Å²) in [4.78, 5) is 13.5. The lowest BCUT2D eigenvalue weighted by molar-refractivity contribution is 0.107.